The van der Waals surface area contributed by atoms with Gasteiger partial charge in [-0.15, -0.1) is 0 Å². The van der Waals surface area contributed by atoms with Gasteiger partial charge in [-0.3, -0.25) is 14.8 Å². The van der Waals surface area contributed by atoms with Gasteiger partial charge in [-0.1, -0.05) is 6.07 Å². The number of esters is 1. The molecule has 21 heavy (non-hydrogen) atoms. The first-order valence-corrected chi connectivity index (χ1v) is 6.47. The van der Waals surface area contributed by atoms with Crippen LogP contribution in [0.25, 0.3) is 6.08 Å². The van der Waals surface area contributed by atoms with Gasteiger partial charge in [-0.25, -0.2) is 4.79 Å². The second-order valence-electron chi connectivity index (χ2n) is 4.10. The average molecular weight is 282 g/mol. The minimum absolute atomic E-state index is 0.0662. The van der Waals surface area contributed by atoms with Gasteiger partial charge in [0.05, 0.1) is 12.3 Å². The zero-order chi connectivity index (χ0) is 15.1. The summed E-state index contributed by atoms with van der Waals surface area (Å²) < 4.78 is 4.94. The molecule has 0 fully saturated rings. The Hall–Kier alpha value is -2.82. The van der Waals surface area contributed by atoms with Crippen LogP contribution in [0.1, 0.15) is 23.0 Å². The SMILES string of the molecule is CCOC(=O)/C(=C\c1ccccn1)C(=O)c1cccnc1. The van der Waals surface area contributed by atoms with Crippen molar-refractivity contribution in [2.45, 2.75) is 6.92 Å². The van der Waals surface area contributed by atoms with Gasteiger partial charge in [0.25, 0.3) is 0 Å². The van der Waals surface area contributed by atoms with E-state index in [0.29, 0.717) is 11.3 Å². The van der Waals surface area contributed by atoms with Crippen LogP contribution >= 0.6 is 0 Å². The minimum Gasteiger partial charge on any atom is -0.462 e. The summed E-state index contributed by atoms with van der Waals surface area (Å²) in [6.45, 7) is 1.88. The van der Waals surface area contributed by atoms with Gasteiger partial charge < -0.3 is 4.74 Å². The van der Waals surface area contributed by atoms with E-state index in [1.54, 1.807) is 49.6 Å². The number of carbonyl (C=O) groups excluding carboxylic acids is 2. The Balaban J connectivity index is 2.40. The summed E-state index contributed by atoms with van der Waals surface area (Å²) in [5.41, 5.74) is 0.772. The molecule has 0 unspecified atom stereocenters. The van der Waals surface area contributed by atoms with Crippen LogP contribution in [0.2, 0.25) is 0 Å². The van der Waals surface area contributed by atoms with Crippen LogP contribution in [0.4, 0.5) is 0 Å². The predicted molar refractivity (Wildman–Crippen MR) is 77.4 cm³/mol. The lowest BCUT2D eigenvalue weighted by atomic mass is 10.0. The van der Waals surface area contributed by atoms with E-state index in [1.165, 1.54) is 12.3 Å². The maximum absolute atomic E-state index is 12.4. The topological polar surface area (TPSA) is 69.2 Å². The number of ether oxygens (including phenoxy) is 1. The standard InChI is InChI=1S/C16H14N2O3/c1-2-21-16(20)14(10-13-7-3-4-9-18-13)15(19)12-6-5-8-17-11-12/h3-11H,2H2,1H3/b14-10-. The van der Waals surface area contributed by atoms with Gasteiger partial charge in [0, 0.05) is 24.2 Å². The Bertz CT molecular complexity index is 652. The van der Waals surface area contributed by atoms with Crippen LogP contribution < -0.4 is 0 Å². The molecule has 106 valence electrons. The summed E-state index contributed by atoms with van der Waals surface area (Å²) in [6.07, 6.45) is 5.98. The number of rotatable bonds is 5. The molecule has 0 saturated carbocycles. The fraction of sp³-hybridized carbons (Fsp3) is 0.125. The molecule has 5 nitrogen and oxygen atoms in total. The molecule has 0 saturated heterocycles. The van der Waals surface area contributed by atoms with E-state index in [0.717, 1.165) is 0 Å². The molecule has 0 bridgehead atoms. The summed E-state index contributed by atoms with van der Waals surface area (Å²) in [6, 6.07) is 8.47. The number of hydrogen-bond donors (Lipinski definition) is 0. The van der Waals surface area contributed by atoms with Gasteiger partial charge in [0.15, 0.2) is 0 Å². The molecule has 5 heteroatoms. The minimum atomic E-state index is -0.669. The van der Waals surface area contributed by atoms with Crippen LogP contribution in [0.15, 0.2) is 54.5 Å². The molecule has 0 aromatic carbocycles. The number of ketones is 1. The third kappa shape index (κ3) is 3.82. The smallest absolute Gasteiger partial charge is 0.342 e. The van der Waals surface area contributed by atoms with Crippen molar-refractivity contribution < 1.29 is 14.3 Å². The molecule has 0 radical (unpaired) electrons. The quantitative estimate of drug-likeness (QED) is 0.277. The monoisotopic (exact) mass is 282 g/mol. The summed E-state index contributed by atoms with van der Waals surface area (Å²) in [5, 5.41) is 0. The van der Waals surface area contributed by atoms with Crippen molar-refractivity contribution >= 4 is 17.8 Å². The van der Waals surface area contributed by atoms with E-state index < -0.39 is 11.8 Å². The average Bonchev–Trinajstić information content (AvgIpc) is 2.54. The zero-order valence-corrected chi connectivity index (χ0v) is 11.5. The van der Waals surface area contributed by atoms with Gasteiger partial charge in [-0.2, -0.15) is 0 Å². The van der Waals surface area contributed by atoms with Crippen LogP contribution in [0, 0.1) is 0 Å². The van der Waals surface area contributed by atoms with E-state index in [-0.39, 0.29) is 12.2 Å². The van der Waals surface area contributed by atoms with Gasteiger partial charge in [-0.05, 0) is 37.3 Å². The number of pyridine rings is 2. The number of nitrogens with zero attached hydrogens (tertiary/aromatic N) is 2. The molecule has 2 heterocycles. The van der Waals surface area contributed by atoms with Gasteiger partial charge >= 0.3 is 5.97 Å². The zero-order valence-electron chi connectivity index (χ0n) is 11.5. The van der Waals surface area contributed by atoms with Crippen LogP contribution in [0.5, 0.6) is 0 Å². The summed E-state index contributed by atoms with van der Waals surface area (Å²) in [7, 11) is 0. The Morgan fingerprint density at radius 1 is 1.19 bits per heavy atom. The van der Waals surface area contributed by atoms with Crippen LogP contribution in [-0.4, -0.2) is 28.3 Å². The lowest BCUT2D eigenvalue weighted by Gasteiger charge is -2.06. The summed E-state index contributed by atoms with van der Waals surface area (Å²) in [5.74, 6) is -1.11. The first-order valence-electron chi connectivity index (χ1n) is 6.47. The first-order chi connectivity index (χ1) is 10.2. The Morgan fingerprint density at radius 2 is 2.05 bits per heavy atom. The van der Waals surface area contributed by atoms with Crippen molar-refractivity contribution in [3.8, 4) is 0 Å². The highest BCUT2D eigenvalue weighted by molar-refractivity contribution is 6.26. The molecule has 2 rings (SSSR count). The van der Waals surface area contributed by atoms with E-state index in [9.17, 15) is 9.59 Å². The number of hydrogen-bond acceptors (Lipinski definition) is 5. The molecule has 2 aromatic rings. The second-order valence-corrected chi connectivity index (χ2v) is 4.10. The second kappa shape index (κ2) is 7.09. The van der Waals surface area contributed by atoms with E-state index >= 15 is 0 Å². The molecule has 0 aliphatic rings. The molecular formula is C16H14N2O3. The summed E-state index contributed by atoms with van der Waals surface area (Å²) in [4.78, 5) is 32.4. The maximum Gasteiger partial charge on any atom is 0.342 e. The van der Waals surface area contributed by atoms with Crippen LogP contribution in [0.3, 0.4) is 0 Å². The molecular weight excluding hydrogens is 268 g/mol. The fourth-order valence-corrected chi connectivity index (χ4v) is 1.69. The largest absolute Gasteiger partial charge is 0.462 e. The highest BCUT2D eigenvalue weighted by Gasteiger charge is 2.21. The Kier molecular flexibility index (Phi) is 4.93. The van der Waals surface area contributed by atoms with E-state index in [2.05, 4.69) is 9.97 Å². The predicted octanol–water partition coefficient (Wildman–Crippen LogP) is 2.31. The van der Waals surface area contributed by atoms with Crippen molar-refractivity contribution in [1.29, 1.82) is 0 Å². The normalized spacial score (nSPS) is 11.0. The molecule has 0 N–H and O–H groups in total. The highest BCUT2D eigenvalue weighted by atomic mass is 16.5. The Morgan fingerprint density at radius 3 is 2.67 bits per heavy atom. The number of aromatic nitrogens is 2. The molecule has 0 aliphatic heterocycles. The van der Waals surface area contributed by atoms with Gasteiger partial charge in [0.2, 0.25) is 5.78 Å². The van der Waals surface area contributed by atoms with Crippen molar-refractivity contribution in [2.75, 3.05) is 6.61 Å². The van der Waals surface area contributed by atoms with Crippen molar-refractivity contribution in [3.63, 3.8) is 0 Å². The van der Waals surface area contributed by atoms with Crippen molar-refractivity contribution in [1.82, 2.24) is 9.97 Å². The van der Waals surface area contributed by atoms with E-state index in [4.69, 9.17) is 4.74 Å². The molecule has 0 spiro atoms. The third-order valence-electron chi connectivity index (χ3n) is 2.64. The fourth-order valence-electron chi connectivity index (χ4n) is 1.69. The van der Waals surface area contributed by atoms with Crippen molar-refractivity contribution in [3.05, 3.63) is 65.8 Å². The molecule has 0 aliphatic carbocycles. The lowest BCUT2D eigenvalue weighted by molar-refractivity contribution is -0.137. The Labute approximate surface area is 122 Å². The highest BCUT2D eigenvalue weighted by Crippen LogP contribution is 2.13. The number of carbonyl (C=O) groups is 2. The van der Waals surface area contributed by atoms with Crippen LogP contribution in [-0.2, 0) is 9.53 Å². The summed E-state index contributed by atoms with van der Waals surface area (Å²) >= 11 is 0. The van der Waals surface area contributed by atoms with Gasteiger partial charge in [0.1, 0.15) is 5.57 Å². The van der Waals surface area contributed by atoms with E-state index in [1.807, 2.05) is 0 Å². The first kappa shape index (κ1) is 14.6. The molecule has 0 atom stereocenters. The number of Topliss-reactive ketones (excluding diaryl/α,β-unsaturated/α-hetero) is 1. The third-order valence-corrected chi connectivity index (χ3v) is 2.64. The van der Waals surface area contributed by atoms with Crippen molar-refractivity contribution in [2.24, 2.45) is 0 Å². The molecule has 0 amide bonds. The molecule has 2 aromatic heterocycles. The lowest BCUT2D eigenvalue weighted by Crippen LogP contribution is -2.16. The maximum atomic E-state index is 12.4.